The van der Waals surface area contributed by atoms with Crippen molar-refractivity contribution in [2.24, 2.45) is 5.92 Å². The van der Waals surface area contributed by atoms with E-state index in [0.29, 0.717) is 25.1 Å². The molecule has 4 nitrogen and oxygen atoms in total. The van der Waals surface area contributed by atoms with Gasteiger partial charge in [0.05, 0.1) is 5.56 Å². The van der Waals surface area contributed by atoms with Crippen molar-refractivity contribution in [3.63, 3.8) is 0 Å². The molecule has 1 aliphatic heterocycles. The third kappa shape index (κ3) is 4.72. The number of nitrogens with zero attached hydrogens (tertiary/aromatic N) is 2. The molecule has 0 amide bonds. The Hall–Kier alpha value is -2.38. The van der Waals surface area contributed by atoms with Gasteiger partial charge < -0.3 is 5.11 Å². The Balaban J connectivity index is 1.93. The van der Waals surface area contributed by atoms with E-state index in [-0.39, 0.29) is 18.4 Å². The average molecular weight is 392 g/mol. The highest BCUT2D eigenvalue weighted by Crippen LogP contribution is 2.39. The van der Waals surface area contributed by atoms with E-state index in [0.717, 1.165) is 11.6 Å². The molecular formula is C21H23F3N2O2. The van der Waals surface area contributed by atoms with Gasteiger partial charge in [-0.3, -0.25) is 4.79 Å². The predicted molar refractivity (Wildman–Crippen MR) is 99.7 cm³/mol. The number of halogens is 3. The first-order valence-electron chi connectivity index (χ1n) is 9.15. The topological polar surface area (TPSA) is 43.8 Å². The van der Waals surface area contributed by atoms with Gasteiger partial charge in [-0.1, -0.05) is 48.5 Å². The molecule has 0 bridgehead atoms. The minimum absolute atomic E-state index is 0.0703. The number of carboxylic acid groups (broad SMARTS) is 1. The summed E-state index contributed by atoms with van der Waals surface area (Å²) < 4.78 is 39.7. The fraction of sp³-hybridized carbons (Fsp3) is 0.381. The Bertz CT molecular complexity index is 811. The monoisotopic (exact) mass is 392 g/mol. The summed E-state index contributed by atoms with van der Waals surface area (Å²) in [6, 6.07) is 15.1. The maximum atomic E-state index is 13.2. The maximum absolute atomic E-state index is 13.2. The molecule has 2 aromatic carbocycles. The van der Waals surface area contributed by atoms with Crippen molar-refractivity contribution < 1.29 is 23.1 Å². The molecule has 3 rings (SSSR count). The number of benzene rings is 2. The third-order valence-corrected chi connectivity index (χ3v) is 5.26. The van der Waals surface area contributed by atoms with E-state index in [1.807, 2.05) is 42.4 Å². The van der Waals surface area contributed by atoms with Gasteiger partial charge in [-0.05, 0) is 29.5 Å². The van der Waals surface area contributed by atoms with Crippen molar-refractivity contribution >= 4 is 5.97 Å². The van der Waals surface area contributed by atoms with Gasteiger partial charge in [0.2, 0.25) is 0 Å². The predicted octanol–water partition coefficient (Wildman–Crippen LogP) is 4.09. The molecule has 1 fully saturated rings. The normalized spacial score (nSPS) is 20.1. The molecule has 1 aliphatic rings. The summed E-state index contributed by atoms with van der Waals surface area (Å²) in [6.07, 6.45) is -3.69. The number of rotatable bonds is 5. The molecule has 0 unspecified atom stereocenters. The standard InChI is InChI=1S/C21H23F3N2O2/c1-25-13-17(10-11-26(25)14-19(27)28)20(15-6-3-2-4-7-15)16-8-5-9-18(12-16)21(22,23)24/h2-9,12,17,20H,10-11,13-14H2,1H3,(H,27,28)/t17-,20+/m0/s1. The number of hydrazine groups is 1. The van der Waals surface area contributed by atoms with Crippen LogP contribution >= 0.6 is 0 Å². The van der Waals surface area contributed by atoms with Crippen LogP contribution in [0.4, 0.5) is 13.2 Å². The van der Waals surface area contributed by atoms with Crippen molar-refractivity contribution in [1.82, 2.24) is 10.0 Å². The molecule has 1 N–H and O–H groups in total. The van der Waals surface area contributed by atoms with Crippen LogP contribution in [0.3, 0.4) is 0 Å². The molecule has 0 aliphatic carbocycles. The Morgan fingerprint density at radius 1 is 1.14 bits per heavy atom. The molecular weight excluding hydrogens is 369 g/mol. The fourth-order valence-electron chi connectivity index (χ4n) is 3.97. The summed E-state index contributed by atoms with van der Waals surface area (Å²) in [5.41, 5.74) is 0.945. The number of hydrogen-bond donors (Lipinski definition) is 1. The summed E-state index contributed by atoms with van der Waals surface area (Å²) in [7, 11) is 1.82. The molecule has 1 saturated heterocycles. The van der Waals surface area contributed by atoms with Crippen molar-refractivity contribution in [3.8, 4) is 0 Å². The Labute approximate surface area is 162 Å². The van der Waals surface area contributed by atoms with Crippen molar-refractivity contribution in [2.75, 3.05) is 26.7 Å². The molecule has 2 atom stereocenters. The lowest BCUT2D eigenvalue weighted by molar-refractivity contribution is -0.146. The first kappa shape index (κ1) is 20.4. The molecule has 0 saturated carbocycles. The van der Waals surface area contributed by atoms with E-state index in [9.17, 15) is 18.0 Å². The lowest BCUT2D eigenvalue weighted by Crippen LogP contribution is -2.51. The van der Waals surface area contributed by atoms with E-state index in [4.69, 9.17) is 5.11 Å². The minimum Gasteiger partial charge on any atom is -0.480 e. The van der Waals surface area contributed by atoms with Gasteiger partial charge in [0.1, 0.15) is 6.54 Å². The average Bonchev–Trinajstić information content (AvgIpc) is 2.64. The molecule has 1 heterocycles. The van der Waals surface area contributed by atoms with E-state index in [1.165, 1.54) is 12.1 Å². The second-order valence-corrected chi connectivity index (χ2v) is 7.18. The number of hydrogen-bond acceptors (Lipinski definition) is 3. The summed E-state index contributed by atoms with van der Waals surface area (Å²) in [6.45, 7) is 1.04. The number of alkyl halides is 3. The molecule has 0 aromatic heterocycles. The Morgan fingerprint density at radius 3 is 2.43 bits per heavy atom. The summed E-state index contributed by atoms with van der Waals surface area (Å²) in [4.78, 5) is 11.0. The maximum Gasteiger partial charge on any atom is 0.416 e. The van der Waals surface area contributed by atoms with Gasteiger partial charge in [0.15, 0.2) is 0 Å². The molecule has 150 valence electrons. The lowest BCUT2D eigenvalue weighted by atomic mass is 9.78. The van der Waals surface area contributed by atoms with Crippen LogP contribution in [0.15, 0.2) is 54.6 Å². The summed E-state index contributed by atoms with van der Waals surface area (Å²) in [5, 5.41) is 12.7. The minimum atomic E-state index is -4.39. The van der Waals surface area contributed by atoms with Crippen LogP contribution in [0.2, 0.25) is 0 Å². The largest absolute Gasteiger partial charge is 0.480 e. The van der Waals surface area contributed by atoms with Gasteiger partial charge in [-0.15, -0.1) is 0 Å². The number of carboxylic acids is 1. The smallest absolute Gasteiger partial charge is 0.416 e. The summed E-state index contributed by atoms with van der Waals surface area (Å²) in [5.74, 6) is -1.03. The molecule has 7 heteroatoms. The van der Waals surface area contributed by atoms with Crippen LogP contribution in [0.25, 0.3) is 0 Å². The zero-order valence-electron chi connectivity index (χ0n) is 15.6. The summed E-state index contributed by atoms with van der Waals surface area (Å²) >= 11 is 0. The van der Waals surface area contributed by atoms with E-state index in [2.05, 4.69) is 0 Å². The third-order valence-electron chi connectivity index (χ3n) is 5.26. The van der Waals surface area contributed by atoms with Crippen molar-refractivity contribution in [1.29, 1.82) is 0 Å². The SMILES string of the molecule is CN1C[C@@H]([C@H](c2ccccc2)c2cccc(C(F)(F)F)c2)CCN1CC(=O)O. The second kappa shape index (κ2) is 8.32. The van der Waals surface area contributed by atoms with Crippen LogP contribution in [-0.4, -0.2) is 47.8 Å². The van der Waals surface area contributed by atoms with E-state index < -0.39 is 17.7 Å². The van der Waals surface area contributed by atoms with Crippen LogP contribution in [0.5, 0.6) is 0 Å². The Morgan fingerprint density at radius 2 is 1.82 bits per heavy atom. The highest BCUT2D eigenvalue weighted by Gasteiger charge is 2.35. The number of aliphatic carboxylic acids is 1. The fourth-order valence-corrected chi connectivity index (χ4v) is 3.97. The van der Waals surface area contributed by atoms with Crippen LogP contribution in [0, 0.1) is 5.92 Å². The van der Waals surface area contributed by atoms with Gasteiger partial charge in [-0.25, -0.2) is 10.0 Å². The Kier molecular flexibility index (Phi) is 6.05. The second-order valence-electron chi connectivity index (χ2n) is 7.18. The van der Waals surface area contributed by atoms with Gasteiger partial charge in [-0.2, -0.15) is 13.2 Å². The molecule has 0 radical (unpaired) electrons. The van der Waals surface area contributed by atoms with Gasteiger partial charge in [0, 0.05) is 26.1 Å². The number of carbonyl (C=O) groups is 1. The highest BCUT2D eigenvalue weighted by molar-refractivity contribution is 5.69. The van der Waals surface area contributed by atoms with Gasteiger partial charge in [0.25, 0.3) is 0 Å². The van der Waals surface area contributed by atoms with Crippen LogP contribution in [0.1, 0.15) is 29.0 Å². The first-order chi connectivity index (χ1) is 13.3. The zero-order valence-corrected chi connectivity index (χ0v) is 15.6. The van der Waals surface area contributed by atoms with E-state index in [1.54, 1.807) is 11.1 Å². The van der Waals surface area contributed by atoms with E-state index >= 15 is 0 Å². The highest BCUT2D eigenvalue weighted by atomic mass is 19.4. The first-order valence-corrected chi connectivity index (χ1v) is 9.15. The van der Waals surface area contributed by atoms with Crippen molar-refractivity contribution in [2.45, 2.75) is 18.5 Å². The van der Waals surface area contributed by atoms with Crippen LogP contribution < -0.4 is 0 Å². The molecule has 0 spiro atoms. The zero-order chi connectivity index (χ0) is 20.3. The molecule has 28 heavy (non-hydrogen) atoms. The lowest BCUT2D eigenvalue weighted by Gasteiger charge is -2.42. The van der Waals surface area contributed by atoms with Crippen LogP contribution in [-0.2, 0) is 11.0 Å². The molecule has 2 aromatic rings. The van der Waals surface area contributed by atoms with Crippen molar-refractivity contribution in [3.05, 3.63) is 71.3 Å². The quantitative estimate of drug-likeness (QED) is 0.833. The van der Waals surface area contributed by atoms with Gasteiger partial charge >= 0.3 is 12.1 Å².